The van der Waals surface area contributed by atoms with Gasteiger partial charge in [-0.3, -0.25) is 4.79 Å². The number of hydrogen-bond donors (Lipinski definition) is 2. The van der Waals surface area contributed by atoms with Crippen LogP contribution in [0.25, 0.3) is 0 Å². The van der Waals surface area contributed by atoms with Gasteiger partial charge in [0.1, 0.15) is 24.0 Å². The Hall–Kier alpha value is -1.74. The number of thiocarbonyl (C=S) groups is 1. The number of nitrogens with two attached hydrogens (primary N) is 1. The third-order valence-electron chi connectivity index (χ3n) is 2.02. The lowest BCUT2D eigenvalue weighted by atomic mass is 10.1. The van der Waals surface area contributed by atoms with E-state index in [9.17, 15) is 22.4 Å². The second kappa shape index (κ2) is 6.62. The van der Waals surface area contributed by atoms with Gasteiger partial charge in [0.05, 0.1) is 5.69 Å². The van der Waals surface area contributed by atoms with Gasteiger partial charge in [0.15, 0.2) is 0 Å². The summed E-state index contributed by atoms with van der Waals surface area (Å²) in [4.78, 5) is 11.2. The largest absolute Gasteiger partial charge is 0.411 e. The third kappa shape index (κ3) is 5.49. The topological polar surface area (TPSA) is 64.3 Å². The highest BCUT2D eigenvalue weighted by molar-refractivity contribution is 7.80. The number of ether oxygens (including phenoxy) is 1. The maximum absolute atomic E-state index is 13.0. The van der Waals surface area contributed by atoms with E-state index in [1.165, 1.54) is 6.07 Å². The molecule has 1 rings (SSSR count). The van der Waals surface area contributed by atoms with Crippen molar-refractivity contribution in [1.82, 2.24) is 0 Å². The Morgan fingerprint density at radius 2 is 2.05 bits per heavy atom. The number of halogens is 4. The molecule has 0 spiro atoms. The van der Waals surface area contributed by atoms with Crippen molar-refractivity contribution < 1.29 is 27.1 Å². The van der Waals surface area contributed by atoms with Gasteiger partial charge in [-0.15, -0.1) is 0 Å². The van der Waals surface area contributed by atoms with Gasteiger partial charge < -0.3 is 15.8 Å². The number of carbonyl (C=O) groups excluding carboxylic acids is 1. The van der Waals surface area contributed by atoms with Crippen molar-refractivity contribution in [3.8, 4) is 0 Å². The van der Waals surface area contributed by atoms with E-state index >= 15 is 0 Å². The summed E-state index contributed by atoms with van der Waals surface area (Å²) in [5.41, 5.74) is 5.52. The fraction of sp³-hybridized carbons (Fsp3) is 0.273. The van der Waals surface area contributed by atoms with Crippen LogP contribution in [0.3, 0.4) is 0 Å². The van der Waals surface area contributed by atoms with Gasteiger partial charge in [0.2, 0.25) is 5.91 Å². The maximum atomic E-state index is 13.0. The molecular formula is C11H10F4N2O2S. The first-order chi connectivity index (χ1) is 9.19. The molecule has 4 nitrogen and oxygen atoms in total. The Labute approximate surface area is 116 Å². The van der Waals surface area contributed by atoms with Gasteiger partial charge in [0, 0.05) is 5.56 Å². The van der Waals surface area contributed by atoms with Gasteiger partial charge in [-0.05, 0) is 18.2 Å². The minimum absolute atomic E-state index is 0.0733. The first-order valence-electron chi connectivity index (χ1n) is 5.23. The number of alkyl halides is 3. The van der Waals surface area contributed by atoms with Crippen molar-refractivity contribution in [2.24, 2.45) is 5.73 Å². The Morgan fingerprint density at radius 1 is 1.40 bits per heavy atom. The molecule has 1 amide bonds. The molecule has 0 aliphatic heterocycles. The fourth-order valence-electron chi connectivity index (χ4n) is 1.28. The Kier molecular flexibility index (Phi) is 5.40. The summed E-state index contributed by atoms with van der Waals surface area (Å²) in [6.45, 7) is -2.33. The van der Waals surface area contributed by atoms with E-state index in [-0.39, 0.29) is 16.2 Å². The smallest absolute Gasteiger partial charge is 0.389 e. The predicted octanol–water partition coefficient (Wildman–Crippen LogP) is 1.98. The molecule has 0 atom stereocenters. The highest BCUT2D eigenvalue weighted by Crippen LogP contribution is 2.17. The molecule has 9 heteroatoms. The molecule has 0 aromatic heterocycles. The van der Waals surface area contributed by atoms with E-state index in [1.807, 2.05) is 0 Å². The third-order valence-corrected chi connectivity index (χ3v) is 2.24. The van der Waals surface area contributed by atoms with Gasteiger partial charge in [-0.25, -0.2) is 4.39 Å². The van der Waals surface area contributed by atoms with Gasteiger partial charge >= 0.3 is 6.18 Å². The molecule has 0 saturated heterocycles. The molecule has 0 radical (unpaired) electrons. The van der Waals surface area contributed by atoms with Crippen molar-refractivity contribution >= 4 is 28.8 Å². The van der Waals surface area contributed by atoms with E-state index in [4.69, 9.17) is 5.73 Å². The number of amides is 1. The SMILES string of the molecule is NC(=S)c1cc(F)ccc1NC(=O)COCC(F)(F)F. The van der Waals surface area contributed by atoms with Gasteiger partial charge in [-0.1, -0.05) is 12.2 Å². The molecular weight excluding hydrogens is 300 g/mol. The summed E-state index contributed by atoms with van der Waals surface area (Å²) in [7, 11) is 0. The minimum Gasteiger partial charge on any atom is -0.389 e. The van der Waals surface area contributed by atoms with Gasteiger partial charge in [-0.2, -0.15) is 13.2 Å². The van der Waals surface area contributed by atoms with Crippen LogP contribution in [-0.2, 0) is 9.53 Å². The molecule has 1 aromatic carbocycles. The zero-order chi connectivity index (χ0) is 15.3. The highest BCUT2D eigenvalue weighted by Gasteiger charge is 2.27. The molecule has 110 valence electrons. The molecule has 0 unspecified atom stereocenters. The van der Waals surface area contributed by atoms with E-state index in [2.05, 4.69) is 22.3 Å². The van der Waals surface area contributed by atoms with Crippen LogP contribution in [0.1, 0.15) is 5.56 Å². The quantitative estimate of drug-likeness (QED) is 0.645. The van der Waals surface area contributed by atoms with Crippen molar-refractivity contribution in [3.63, 3.8) is 0 Å². The number of carbonyl (C=O) groups is 1. The van der Waals surface area contributed by atoms with Crippen molar-refractivity contribution in [3.05, 3.63) is 29.6 Å². The van der Waals surface area contributed by atoms with Gasteiger partial charge in [0.25, 0.3) is 0 Å². The van der Waals surface area contributed by atoms with Crippen LogP contribution in [0.5, 0.6) is 0 Å². The van der Waals surface area contributed by atoms with E-state index in [0.717, 1.165) is 12.1 Å². The van der Waals surface area contributed by atoms with Crippen LogP contribution in [0.15, 0.2) is 18.2 Å². The van der Waals surface area contributed by atoms with E-state index in [0.29, 0.717) is 0 Å². The maximum Gasteiger partial charge on any atom is 0.411 e. The summed E-state index contributed by atoms with van der Waals surface area (Å²) in [5.74, 6) is -1.45. The van der Waals surface area contributed by atoms with Crippen LogP contribution >= 0.6 is 12.2 Å². The average molecular weight is 310 g/mol. The number of nitrogens with one attached hydrogen (secondary N) is 1. The van der Waals surface area contributed by atoms with Crippen LogP contribution in [0.2, 0.25) is 0 Å². The Bertz CT molecular complexity index is 520. The number of hydrogen-bond acceptors (Lipinski definition) is 3. The Balaban J connectivity index is 2.64. The molecule has 3 N–H and O–H groups in total. The zero-order valence-corrected chi connectivity index (χ0v) is 10.8. The van der Waals surface area contributed by atoms with Crippen molar-refractivity contribution in [1.29, 1.82) is 0 Å². The summed E-state index contributed by atoms with van der Waals surface area (Å²) < 4.78 is 52.6. The summed E-state index contributed by atoms with van der Waals surface area (Å²) >= 11 is 4.68. The van der Waals surface area contributed by atoms with Crippen molar-refractivity contribution in [2.45, 2.75) is 6.18 Å². The molecule has 0 bridgehead atoms. The van der Waals surface area contributed by atoms with E-state index < -0.39 is 31.1 Å². The number of anilines is 1. The first-order valence-corrected chi connectivity index (χ1v) is 5.63. The van der Waals surface area contributed by atoms with Crippen LogP contribution in [-0.4, -0.2) is 30.3 Å². The summed E-state index contributed by atoms with van der Waals surface area (Å²) in [6, 6.07) is 3.26. The molecule has 0 fully saturated rings. The highest BCUT2D eigenvalue weighted by atomic mass is 32.1. The molecule has 0 aliphatic carbocycles. The second-order valence-electron chi connectivity index (χ2n) is 3.71. The standard InChI is InChI=1S/C11H10F4N2O2S/c12-6-1-2-8(7(3-6)10(16)20)17-9(18)4-19-5-11(13,14)15/h1-3H,4-5H2,(H2,16,20)(H,17,18). The van der Waals surface area contributed by atoms with E-state index in [1.54, 1.807) is 0 Å². The predicted molar refractivity (Wildman–Crippen MR) is 67.8 cm³/mol. The summed E-state index contributed by atoms with van der Waals surface area (Å²) in [6.07, 6.45) is -4.51. The number of benzene rings is 1. The second-order valence-corrected chi connectivity index (χ2v) is 4.15. The number of rotatable bonds is 5. The van der Waals surface area contributed by atoms with Crippen LogP contribution in [0, 0.1) is 5.82 Å². The monoisotopic (exact) mass is 310 g/mol. The molecule has 0 aliphatic rings. The average Bonchev–Trinajstić information content (AvgIpc) is 2.29. The Morgan fingerprint density at radius 3 is 2.60 bits per heavy atom. The lowest BCUT2D eigenvalue weighted by molar-refractivity contribution is -0.174. The van der Waals surface area contributed by atoms with Crippen molar-refractivity contribution in [2.75, 3.05) is 18.5 Å². The normalized spacial score (nSPS) is 11.2. The first kappa shape index (κ1) is 16.3. The zero-order valence-electron chi connectivity index (χ0n) is 9.96. The molecule has 0 heterocycles. The fourth-order valence-corrected chi connectivity index (χ4v) is 1.44. The lowest BCUT2D eigenvalue weighted by Gasteiger charge is -2.11. The van der Waals surface area contributed by atoms with Crippen LogP contribution < -0.4 is 11.1 Å². The van der Waals surface area contributed by atoms with Crippen LogP contribution in [0.4, 0.5) is 23.2 Å². The lowest BCUT2D eigenvalue weighted by Crippen LogP contribution is -2.25. The molecule has 1 aromatic rings. The summed E-state index contributed by atoms with van der Waals surface area (Å²) in [5, 5.41) is 2.24. The molecule has 0 saturated carbocycles. The minimum atomic E-state index is -4.51. The molecule has 20 heavy (non-hydrogen) atoms.